The topological polar surface area (TPSA) is 83.8 Å². The largest absolute Gasteiger partial charge is 1.00 e. The normalized spacial score (nSPS) is 9.25. The average molecular weight is 194 g/mol. The van der Waals surface area contributed by atoms with E-state index in [2.05, 4.69) is 3.73 Å². The fourth-order valence-electron chi connectivity index (χ4n) is 0.0561. The van der Waals surface area contributed by atoms with Crippen LogP contribution in [0.4, 0.5) is 0 Å². The standard InChI is InChI=1S/CH3AsO5.Na.H/c3-1-7-2(4,5)6;;/h1H,(H2,4,5,6);;/q;+1;-1. The second-order valence-corrected chi connectivity index (χ2v) is 3.19. The van der Waals surface area contributed by atoms with Crippen LogP contribution < -0.4 is 29.6 Å². The van der Waals surface area contributed by atoms with Crippen molar-refractivity contribution in [3.63, 3.8) is 0 Å². The summed E-state index contributed by atoms with van der Waals surface area (Å²) in [6.07, 6.45) is 0. The van der Waals surface area contributed by atoms with Crippen LogP contribution in [0, 0.1) is 0 Å². The van der Waals surface area contributed by atoms with Crippen LogP contribution >= 0.6 is 0 Å². The minimum Gasteiger partial charge on any atom is -1.00 e. The Hall–Kier alpha value is 0.748. The van der Waals surface area contributed by atoms with E-state index in [1.807, 2.05) is 0 Å². The van der Waals surface area contributed by atoms with Crippen LogP contribution in [0.1, 0.15) is 1.43 Å². The Morgan fingerprint density at radius 2 is 2.00 bits per heavy atom. The maximum Gasteiger partial charge on any atom is 1.00 e. The van der Waals surface area contributed by atoms with Gasteiger partial charge in [-0.3, -0.25) is 0 Å². The zero-order chi connectivity index (χ0) is 5.91. The molecule has 0 radical (unpaired) electrons. The molecular weight excluding hydrogens is 190 g/mol. The molecule has 0 fully saturated rings. The van der Waals surface area contributed by atoms with Gasteiger partial charge in [0.05, 0.1) is 0 Å². The molecule has 0 unspecified atom stereocenters. The van der Waals surface area contributed by atoms with E-state index >= 15 is 0 Å². The summed E-state index contributed by atoms with van der Waals surface area (Å²) in [6.45, 7) is -0.278. The number of hydrogen-bond acceptors (Lipinski definition) is 3. The fraction of sp³-hybridized carbons (Fsp3) is 0. The average Bonchev–Trinajstić information content (AvgIpc) is 1.30. The van der Waals surface area contributed by atoms with Crippen molar-refractivity contribution in [1.82, 2.24) is 0 Å². The Labute approximate surface area is 72.2 Å². The maximum atomic E-state index is 9.53. The minimum absolute atomic E-state index is 0. The summed E-state index contributed by atoms with van der Waals surface area (Å²) in [5, 5.41) is 0. The van der Waals surface area contributed by atoms with Crippen molar-refractivity contribution >= 4 is 21.0 Å². The summed E-state index contributed by atoms with van der Waals surface area (Å²) in [5.41, 5.74) is 0. The van der Waals surface area contributed by atoms with Gasteiger partial charge in [-0.1, -0.05) is 0 Å². The number of rotatable bonds is 2. The van der Waals surface area contributed by atoms with E-state index in [9.17, 15) is 3.74 Å². The molecule has 0 aromatic rings. The van der Waals surface area contributed by atoms with Crippen LogP contribution in [0.5, 0.6) is 0 Å². The molecular formula is CH4AsNaO5. The first-order valence-electron chi connectivity index (χ1n) is 1.24. The monoisotopic (exact) mass is 194 g/mol. The summed E-state index contributed by atoms with van der Waals surface area (Å²) < 4.78 is 28.3. The third kappa shape index (κ3) is 9.89. The van der Waals surface area contributed by atoms with E-state index in [1.165, 1.54) is 0 Å². The van der Waals surface area contributed by atoms with Crippen molar-refractivity contribution in [1.29, 1.82) is 0 Å². The quantitative estimate of drug-likeness (QED) is 0.340. The summed E-state index contributed by atoms with van der Waals surface area (Å²) in [5.74, 6) is 0. The Bertz CT molecular complexity index is 110. The van der Waals surface area contributed by atoms with Gasteiger partial charge in [-0.25, -0.2) is 0 Å². The summed E-state index contributed by atoms with van der Waals surface area (Å²) >= 11 is -5.06. The Morgan fingerprint density at radius 1 is 1.62 bits per heavy atom. The molecule has 0 heterocycles. The second-order valence-electron chi connectivity index (χ2n) is 0.692. The molecule has 0 aliphatic carbocycles. The zero-order valence-corrected chi connectivity index (χ0v) is 8.02. The van der Waals surface area contributed by atoms with Crippen LogP contribution in [0.3, 0.4) is 0 Å². The van der Waals surface area contributed by atoms with Gasteiger partial charge in [0.1, 0.15) is 0 Å². The molecule has 44 valence electrons. The molecule has 7 heteroatoms. The first-order chi connectivity index (χ1) is 3.06. The summed E-state index contributed by atoms with van der Waals surface area (Å²) in [6, 6.07) is 0. The van der Waals surface area contributed by atoms with Crippen LogP contribution in [0.2, 0.25) is 0 Å². The molecule has 0 amide bonds. The molecule has 0 bridgehead atoms. The maximum absolute atomic E-state index is 9.53. The molecule has 0 spiro atoms. The third-order valence-electron chi connectivity index (χ3n) is 0.180. The number of carbonyl (C=O) groups excluding carboxylic acids is 1. The van der Waals surface area contributed by atoms with Gasteiger partial charge < -0.3 is 1.43 Å². The third-order valence-corrected chi connectivity index (χ3v) is 0.937. The van der Waals surface area contributed by atoms with Gasteiger partial charge >= 0.3 is 71.0 Å². The zero-order valence-electron chi connectivity index (χ0n) is 5.14. The van der Waals surface area contributed by atoms with E-state index in [0.29, 0.717) is 0 Å². The molecule has 0 aromatic heterocycles. The number of hydrogen-bond donors (Lipinski definition) is 2. The molecule has 0 aliphatic rings. The van der Waals surface area contributed by atoms with Gasteiger partial charge in [0.15, 0.2) is 0 Å². The first-order valence-corrected chi connectivity index (χ1v) is 4.45. The Kier molecular flexibility index (Phi) is 6.65. The van der Waals surface area contributed by atoms with Crippen LogP contribution in [-0.4, -0.2) is 29.2 Å². The molecule has 5 nitrogen and oxygen atoms in total. The summed E-state index contributed by atoms with van der Waals surface area (Å²) in [7, 11) is 0. The molecule has 8 heavy (non-hydrogen) atoms. The molecule has 0 atom stereocenters. The predicted octanol–water partition coefficient (Wildman–Crippen LogP) is -4.87. The van der Waals surface area contributed by atoms with E-state index in [0.717, 1.165) is 0 Å². The van der Waals surface area contributed by atoms with Gasteiger partial charge in [0.2, 0.25) is 0 Å². The molecule has 2 N–H and O–H groups in total. The molecule has 0 saturated carbocycles. The van der Waals surface area contributed by atoms with Crippen molar-refractivity contribution in [2.24, 2.45) is 0 Å². The molecule has 0 rings (SSSR count). The molecule has 0 aliphatic heterocycles. The van der Waals surface area contributed by atoms with Gasteiger partial charge in [-0.05, 0) is 0 Å². The van der Waals surface area contributed by atoms with Crippen LogP contribution in [0.15, 0.2) is 0 Å². The first kappa shape index (κ1) is 11.5. The molecule has 0 saturated heterocycles. The fourth-order valence-corrected chi connectivity index (χ4v) is 0.291. The van der Waals surface area contributed by atoms with Crippen molar-refractivity contribution in [2.75, 3.05) is 0 Å². The van der Waals surface area contributed by atoms with E-state index in [4.69, 9.17) is 13.0 Å². The number of carbonyl (C=O) groups is 1. The van der Waals surface area contributed by atoms with Gasteiger partial charge in [-0.15, -0.1) is 0 Å². The molecule has 0 aromatic carbocycles. The van der Waals surface area contributed by atoms with Gasteiger partial charge in [0, 0.05) is 0 Å². The van der Waals surface area contributed by atoms with Crippen LogP contribution in [0.25, 0.3) is 0 Å². The van der Waals surface area contributed by atoms with Crippen molar-refractivity contribution in [2.45, 2.75) is 0 Å². The summed E-state index contributed by atoms with van der Waals surface area (Å²) in [4.78, 5) is 9.12. The van der Waals surface area contributed by atoms with E-state index < -0.39 is 14.5 Å². The van der Waals surface area contributed by atoms with Gasteiger partial charge in [0.25, 0.3) is 0 Å². The Balaban J connectivity index is -0.000000180. The van der Waals surface area contributed by atoms with Gasteiger partial charge in [-0.2, -0.15) is 0 Å². The van der Waals surface area contributed by atoms with Crippen molar-refractivity contribution < 1.29 is 51.4 Å². The van der Waals surface area contributed by atoms with Crippen LogP contribution in [-0.2, 0) is 12.3 Å². The van der Waals surface area contributed by atoms with E-state index in [-0.39, 0.29) is 37.5 Å². The van der Waals surface area contributed by atoms with Crippen molar-refractivity contribution in [3.8, 4) is 0 Å². The second kappa shape index (κ2) is 4.61. The predicted molar refractivity (Wildman–Crippen MR) is 19.1 cm³/mol. The Morgan fingerprint density at radius 3 is 2.00 bits per heavy atom. The minimum atomic E-state index is -5.06. The van der Waals surface area contributed by atoms with Crippen molar-refractivity contribution in [3.05, 3.63) is 0 Å². The SMILES string of the molecule is O=CO[As](=O)(O)O.[H-].[Na+]. The smallest absolute Gasteiger partial charge is 1.00 e. The van der Waals surface area contributed by atoms with E-state index in [1.54, 1.807) is 0 Å².